The molecule has 1 fully saturated rings. The van der Waals surface area contributed by atoms with E-state index >= 15 is 0 Å². The zero-order chi connectivity index (χ0) is 26.4. The van der Waals surface area contributed by atoms with E-state index in [1.165, 1.54) is 0 Å². The number of thiophene rings is 1. The van der Waals surface area contributed by atoms with Crippen molar-refractivity contribution in [1.82, 2.24) is 30.1 Å². The van der Waals surface area contributed by atoms with Crippen molar-refractivity contribution in [2.24, 2.45) is 0 Å². The molecule has 9 nitrogen and oxygen atoms in total. The Hall–Kier alpha value is -2.66. The number of H-pyrrole nitrogens is 1. The zero-order valence-electron chi connectivity index (χ0n) is 20.8. The molecule has 0 aromatic carbocycles. The molecule has 0 radical (unpaired) electrons. The normalized spacial score (nSPS) is 15.4. The van der Waals surface area contributed by atoms with Crippen molar-refractivity contribution in [1.29, 1.82) is 0 Å². The summed E-state index contributed by atoms with van der Waals surface area (Å²) < 4.78 is 0. The number of nitrogens with zero attached hydrogens (tertiary/aromatic N) is 4. The van der Waals surface area contributed by atoms with Crippen LogP contribution in [-0.2, 0) is 6.54 Å². The van der Waals surface area contributed by atoms with Gasteiger partial charge in [-0.05, 0) is 67.1 Å². The van der Waals surface area contributed by atoms with Crippen LogP contribution in [0.15, 0.2) is 35.3 Å². The van der Waals surface area contributed by atoms with Gasteiger partial charge in [-0.15, -0.1) is 0 Å². The second-order valence-electron chi connectivity index (χ2n) is 9.22. The van der Waals surface area contributed by atoms with E-state index < -0.39 is 0 Å². The Morgan fingerprint density at radius 2 is 2.11 bits per heavy atom. The maximum absolute atomic E-state index is 13.1. The first-order valence-corrected chi connectivity index (χ1v) is 13.9. The highest BCUT2D eigenvalue weighted by Crippen LogP contribution is 2.24. The van der Waals surface area contributed by atoms with Gasteiger partial charge in [-0.2, -0.15) is 11.3 Å². The molecule has 4 heterocycles. The number of carbonyl (C=O) groups is 2. The third-order valence-corrected chi connectivity index (χ3v) is 7.90. The van der Waals surface area contributed by atoms with Crippen LogP contribution < -0.4 is 10.6 Å². The quantitative estimate of drug-likeness (QED) is 0.310. The first kappa shape index (κ1) is 27.4. The van der Waals surface area contributed by atoms with Crippen LogP contribution in [0.5, 0.6) is 0 Å². The number of urea groups is 1. The van der Waals surface area contributed by atoms with Crippen LogP contribution in [0.3, 0.4) is 0 Å². The van der Waals surface area contributed by atoms with E-state index in [1.54, 1.807) is 36.7 Å². The fourth-order valence-electron chi connectivity index (χ4n) is 4.62. The minimum absolute atomic E-state index is 0.112. The average Bonchev–Trinajstić information content (AvgIpc) is 3.56. The molecule has 3 amide bonds. The molecule has 37 heavy (non-hydrogen) atoms. The van der Waals surface area contributed by atoms with E-state index in [9.17, 15) is 9.59 Å². The Balaban J connectivity index is 1.28. The molecule has 1 aliphatic heterocycles. The van der Waals surface area contributed by atoms with E-state index in [2.05, 4.69) is 48.9 Å². The average molecular weight is 565 g/mol. The van der Waals surface area contributed by atoms with Crippen LogP contribution in [0, 0.1) is 6.92 Å². The molecule has 4 rings (SSSR count). The number of rotatable bonds is 9. The van der Waals surface area contributed by atoms with Gasteiger partial charge in [0.05, 0.1) is 5.56 Å². The van der Waals surface area contributed by atoms with Crippen LogP contribution in [0.1, 0.15) is 47.7 Å². The Bertz CT molecular complexity index is 1160. The summed E-state index contributed by atoms with van der Waals surface area (Å²) in [7, 11) is 0. The maximum Gasteiger partial charge on any atom is 0.324 e. The molecule has 3 aromatic rings. The van der Waals surface area contributed by atoms with Gasteiger partial charge in [-0.1, -0.05) is 23.2 Å². The molecule has 0 saturated carbocycles. The molecular weight excluding hydrogens is 533 g/mol. The highest BCUT2D eigenvalue weighted by atomic mass is 35.5. The Labute approximate surface area is 230 Å². The Morgan fingerprint density at radius 1 is 1.32 bits per heavy atom. The van der Waals surface area contributed by atoms with Crippen LogP contribution in [-0.4, -0.2) is 68.4 Å². The molecule has 198 valence electrons. The van der Waals surface area contributed by atoms with E-state index in [1.807, 2.05) is 10.3 Å². The molecular formula is C25H31Cl2N7O2S. The summed E-state index contributed by atoms with van der Waals surface area (Å²) in [6, 6.07) is 3.94. The standard InChI is InChI=1S/C25H31Cl2N7O2S/c1-16-13-20(26)31-22(27)21(16)23(35)28-7-3-17(2)33-10-4-19(5-11-33)34(14-18-6-12-37-15-18)25(36)32-24-29-8-9-30-24/h6,8-9,12-13,15,17,19H,3-5,7,10-11,14H2,1-2H3,(H,28,35)(H2,29,30,32,36). The third kappa shape index (κ3) is 7.22. The number of nitrogens with one attached hydrogen (secondary N) is 3. The maximum atomic E-state index is 13.1. The Morgan fingerprint density at radius 3 is 2.76 bits per heavy atom. The predicted molar refractivity (Wildman–Crippen MR) is 147 cm³/mol. The van der Waals surface area contributed by atoms with E-state index in [4.69, 9.17) is 23.2 Å². The minimum atomic E-state index is -0.246. The van der Waals surface area contributed by atoms with Gasteiger partial charge in [0.15, 0.2) is 0 Å². The van der Waals surface area contributed by atoms with Gasteiger partial charge in [0, 0.05) is 50.7 Å². The molecule has 12 heteroatoms. The van der Waals surface area contributed by atoms with E-state index in [0.29, 0.717) is 30.2 Å². The predicted octanol–water partition coefficient (Wildman–Crippen LogP) is 5.19. The number of likely N-dealkylation sites (tertiary alicyclic amines) is 1. The number of piperidine rings is 1. The molecule has 0 spiro atoms. The number of halogens is 2. The molecule has 3 N–H and O–H groups in total. The lowest BCUT2D eigenvalue weighted by molar-refractivity contribution is 0.0919. The lowest BCUT2D eigenvalue weighted by Gasteiger charge is -2.40. The van der Waals surface area contributed by atoms with Crippen molar-refractivity contribution in [3.8, 4) is 0 Å². The van der Waals surface area contributed by atoms with Crippen LogP contribution in [0.4, 0.5) is 10.7 Å². The Kier molecular flexibility index (Phi) is 9.42. The lowest BCUT2D eigenvalue weighted by atomic mass is 10.0. The van der Waals surface area contributed by atoms with Crippen LogP contribution >= 0.6 is 34.5 Å². The second-order valence-corrected chi connectivity index (χ2v) is 10.7. The fourth-order valence-corrected chi connectivity index (χ4v) is 5.90. The number of aryl methyl sites for hydroxylation is 1. The smallest absolute Gasteiger partial charge is 0.324 e. The van der Waals surface area contributed by atoms with Crippen LogP contribution in [0.25, 0.3) is 0 Å². The van der Waals surface area contributed by atoms with Crippen LogP contribution in [0.2, 0.25) is 10.3 Å². The molecule has 3 aromatic heterocycles. The molecule has 1 atom stereocenters. The van der Waals surface area contributed by atoms with E-state index in [-0.39, 0.29) is 34.3 Å². The highest BCUT2D eigenvalue weighted by molar-refractivity contribution is 7.07. The van der Waals surface area contributed by atoms with Gasteiger partial charge < -0.3 is 20.1 Å². The van der Waals surface area contributed by atoms with Crippen molar-refractivity contribution < 1.29 is 9.59 Å². The monoisotopic (exact) mass is 563 g/mol. The summed E-state index contributed by atoms with van der Waals surface area (Å²) in [4.78, 5) is 41.1. The third-order valence-electron chi connectivity index (χ3n) is 6.70. The van der Waals surface area contributed by atoms with Gasteiger partial charge in [-0.25, -0.2) is 14.8 Å². The number of hydrogen-bond acceptors (Lipinski definition) is 6. The lowest BCUT2D eigenvalue weighted by Crippen LogP contribution is -2.50. The number of aromatic nitrogens is 3. The number of aromatic amines is 1. The molecule has 1 unspecified atom stereocenters. The summed E-state index contributed by atoms with van der Waals surface area (Å²) in [6.45, 7) is 6.79. The van der Waals surface area contributed by atoms with Crippen molar-refractivity contribution >= 4 is 52.4 Å². The van der Waals surface area contributed by atoms with Crippen molar-refractivity contribution in [2.75, 3.05) is 25.0 Å². The number of amides is 3. The fraction of sp³-hybridized carbons (Fsp3) is 0.440. The summed E-state index contributed by atoms with van der Waals surface area (Å²) in [5, 5.41) is 10.3. The van der Waals surface area contributed by atoms with Gasteiger partial charge in [0.25, 0.3) is 5.91 Å². The first-order valence-electron chi connectivity index (χ1n) is 12.2. The van der Waals surface area contributed by atoms with Gasteiger partial charge in [-0.3, -0.25) is 10.1 Å². The SMILES string of the molecule is Cc1cc(Cl)nc(Cl)c1C(=O)NCCC(C)N1CCC(N(Cc2ccsc2)C(=O)Nc2ncc[nH]2)CC1. The largest absolute Gasteiger partial charge is 0.352 e. The van der Waals surface area contributed by atoms with Crippen molar-refractivity contribution in [3.63, 3.8) is 0 Å². The molecule has 1 saturated heterocycles. The number of carbonyl (C=O) groups excluding carboxylic acids is 2. The second kappa shape index (κ2) is 12.7. The van der Waals surface area contributed by atoms with Crippen molar-refractivity contribution in [2.45, 2.75) is 51.7 Å². The number of hydrogen-bond donors (Lipinski definition) is 3. The molecule has 0 bridgehead atoms. The number of pyridine rings is 1. The first-order chi connectivity index (χ1) is 17.8. The minimum Gasteiger partial charge on any atom is -0.352 e. The highest BCUT2D eigenvalue weighted by Gasteiger charge is 2.30. The summed E-state index contributed by atoms with van der Waals surface area (Å²) in [6.07, 6.45) is 5.84. The van der Waals surface area contributed by atoms with Crippen molar-refractivity contribution in [3.05, 3.63) is 62.3 Å². The topological polar surface area (TPSA) is 106 Å². The number of imidazole rings is 1. The summed E-state index contributed by atoms with van der Waals surface area (Å²) in [5.41, 5.74) is 2.18. The number of anilines is 1. The van der Waals surface area contributed by atoms with Gasteiger partial charge in [0.1, 0.15) is 10.3 Å². The van der Waals surface area contributed by atoms with Gasteiger partial charge in [0.2, 0.25) is 5.95 Å². The molecule has 0 aliphatic carbocycles. The summed E-state index contributed by atoms with van der Waals surface area (Å²) in [5.74, 6) is 0.198. The summed E-state index contributed by atoms with van der Waals surface area (Å²) >= 11 is 13.7. The zero-order valence-corrected chi connectivity index (χ0v) is 23.2. The van der Waals surface area contributed by atoms with Gasteiger partial charge >= 0.3 is 6.03 Å². The van der Waals surface area contributed by atoms with E-state index in [0.717, 1.165) is 37.9 Å². The molecule has 1 aliphatic rings.